The average molecular weight is 409 g/mol. The molecule has 154 valence electrons. The third-order valence-corrected chi connectivity index (χ3v) is 5.91. The summed E-state index contributed by atoms with van der Waals surface area (Å²) in [7, 11) is -3.82. The highest BCUT2D eigenvalue weighted by molar-refractivity contribution is 7.92. The first-order chi connectivity index (χ1) is 13.3. The molecule has 1 amide bonds. The molecule has 0 radical (unpaired) electrons. The van der Waals surface area contributed by atoms with Gasteiger partial charge in [0.2, 0.25) is 10.0 Å². The summed E-state index contributed by atoms with van der Waals surface area (Å²) in [5, 5.41) is 3.87. The van der Waals surface area contributed by atoms with E-state index in [0.717, 1.165) is 30.2 Å². The number of hydrogen-bond acceptors (Lipinski definition) is 5. The van der Waals surface area contributed by atoms with Crippen molar-refractivity contribution in [2.24, 2.45) is 5.92 Å². The molecule has 0 saturated heterocycles. The summed E-state index contributed by atoms with van der Waals surface area (Å²) in [5.74, 6) is -0.773. The Kier molecular flexibility index (Phi) is 8.19. The Morgan fingerprint density at radius 2 is 1.89 bits per heavy atom. The third-order valence-electron chi connectivity index (χ3n) is 4.74. The number of benzene rings is 1. The van der Waals surface area contributed by atoms with Gasteiger partial charge < -0.3 is 10.1 Å². The topological polar surface area (TPSA) is 102 Å². The Bertz CT molecular complexity index is 792. The van der Waals surface area contributed by atoms with Gasteiger partial charge in [0.05, 0.1) is 0 Å². The van der Waals surface area contributed by atoms with Crippen molar-refractivity contribution in [2.75, 3.05) is 6.61 Å². The minimum Gasteiger partial charge on any atom is -0.454 e. The number of sulfonamides is 1. The summed E-state index contributed by atoms with van der Waals surface area (Å²) in [6.45, 7) is 3.04. The maximum Gasteiger partial charge on any atom is 0.324 e. The molecule has 2 N–H and O–H groups in total. The average Bonchev–Trinajstić information content (AvgIpc) is 2.67. The van der Waals surface area contributed by atoms with Crippen LogP contribution in [0.3, 0.4) is 0 Å². The van der Waals surface area contributed by atoms with E-state index < -0.39 is 28.6 Å². The zero-order valence-electron chi connectivity index (χ0n) is 16.3. The van der Waals surface area contributed by atoms with Crippen molar-refractivity contribution >= 4 is 28.0 Å². The predicted octanol–water partition coefficient (Wildman–Crippen LogP) is 2.20. The van der Waals surface area contributed by atoms with E-state index in [0.29, 0.717) is 5.92 Å². The van der Waals surface area contributed by atoms with Gasteiger partial charge in [-0.15, -0.1) is 0 Å². The van der Waals surface area contributed by atoms with Crippen LogP contribution in [0.25, 0.3) is 6.08 Å². The standard InChI is InChI=1S/C20H28N2O5S/c1-15-8-6-7-11-18(15)21-19(23)14-27-20(24)16(2)22-28(25,26)13-12-17-9-4-3-5-10-17/h3-5,9-10,12-13,15-16,18,22H,6-8,11,14H2,1-2H3,(H,21,23)/b13-12+/t15-,16-,18+/m0/s1. The number of nitrogens with one attached hydrogen (secondary N) is 2. The van der Waals surface area contributed by atoms with Crippen LogP contribution in [0.5, 0.6) is 0 Å². The summed E-state index contributed by atoms with van der Waals surface area (Å²) in [4.78, 5) is 24.0. The second-order valence-corrected chi connectivity index (χ2v) is 8.74. The van der Waals surface area contributed by atoms with Gasteiger partial charge in [0, 0.05) is 11.4 Å². The van der Waals surface area contributed by atoms with E-state index in [1.54, 1.807) is 24.3 Å². The molecule has 0 aromatic heterocycles. The number of carbonyl (C=O) groups excluding carboxylic acids is 2. The van der Waals surface area contributed by atoms with Crippen LogP contribution in [0.2, 0.25) is 0 Å². The third kappa shape index (κ3) is 7.44. The molecule has 1 aromatic rings. The highest BCUT2D eigenvalue weighted by Gasteiger charge is 2.24. The van der Waals surface area contributed by atoms with E-state index in [1.165, 1.54) is 19.4 Å². The lowest BCUT2D eigenvalue weighted by Gasteiger charge is -2.29. The number of carbonyl (C=O) groups is 2. The lowest BCUT2D eigenvalue weighted by Crippen LogP contribution is -2.44. The van der Waals surface area contributed by atoms with E-state index in [4.69, 9.17) is 4.74 Å². The molecule has 2 rings (SSSR count). The van der Waals surface area contributed by atoms with Crippen molar-refractivity contribution in [3.05, 3.63) is 41.3 Å². The van der Waals surface area contributed by atoms with Gasteiger partial charge >= 0.3 is 5.97 Å². The smallest absolute Gasteiger partial charge is 0.324 e. The van der Waals surface area contributed by atoms with Gasteiger partial charge in [-0.2, -0.15) is 4.72 Å². The van der Waals surface area contributed by atoms with Crippen molar-refractivity contribution in [3.63, 3.8) is 0 Å². The van der Waals surface area contributed by atoms with Crippen molar-refractivity contribution < 1.29 is 22.7 Å². The highest BCUT2D eigenvalue weighted by atomic mass is 32.2. The number of rotatable bonds is 8. The Morgan fingerprint density at radius 1 is 1.21 bits per heavy atom. The van der Waals surface area contributed by atoms with E-state index in [9.17, 15) is 18.0 Å². The van der Waals surface area contributed by atoms with E-state index in [2.05, 4.69) is 17.0 Å². The van der Waals surface area contributed by atoms with E-state index in [-0.39, 0.29) is 11.9 Å². The van der Waals surface area contributed by atoms with E-state index >= 15 is 0 Å². The van der Waals surface area contributed by atoms with Crippen LogP contribution in [-0.2, 0) is 24.3 Å². The molecule has 1 fully saturated rings. The second-order valence-electron chi connectivity index (χ2n) is 7.14. The maximum atomic E-state index is 12.1. The zero-order valence-corrected chi connectivity index (χ0v) is 17.1. The van der Waals surface area contributed by atoms with Crippen LogP contribution >= 0.6 is 0 Å². The molecule has 1 saturated carbocycles. The van der Waals surface area contributed by atoms with Crippen molar-refractivity contribution in [1.82, 2.24) is 10.0 Å². The molecule has 28 heavy (non-hydrogen) atoms. The molecule has 1 aliphatic carbocycles. The Labute approximate surface area is 166 Å². The lowest BCUT2D eigenvalue weighted by atomic mass is 9.86. The van der Waals surface area contributed by atoms with Gasteiger partial charge in [0.1, 0.15) is 6.04 Å². The molecule has 0 unspecified atom stereocenters. The van der Waals surface area contributed by atoms with Crippen LogP contribution in [0.4, 0.5) is 0 Å². The molecule has 0 aliphatic heterocycles. The van der Waals surface area contributed by atoms with Gasteiger partial charge in [-0.25, -0.2) is 8.42 Å². The molecule has 1 aromatic carbocycles. The molecule has 0 heterocycles. The fraction of sp³-hybridized carbons (Fsp3) is 0.500. The molecule has 3 atom stereocenters. The Morgan fingerprint density at radius 3 is 2.57 bits per heavy atom. The number of amides is 1. The van der Waals surface area contributed by atoms with E-state index in [1.807, 2.05) is 6.07 Å². The van der Waals surface area contributed by atoms with Gasteiger partial charge in [0.25, 0.3) is 5.91 Å². The number of esters is 1. The van der Waals surface area contributed by atoms with Crippen LogP contribution < -0.4 is 10.0 Å². The van der Waals surface area contributed by atoms with Gasteiger partial charge in [-0.3, -0.25) is 9.59 Å². The first kappa shape index (κ1) is 22.1. The summed E-state index contributed by atoms with van der Waals surface area (Å²) < 4.78 is 31.3. The Hall–Kier alpha value is -2.19. The molecule has 0 spiro atoms. The predicted molar refractivity (Wildman–Crippen MR) is 108 cm³/mol. The van der Waals surface area contributed by atoms with Gasteiger partial charge in [-0.1, -0.05) is 50.1 Å². The first-order valence-electron chi connectivity index (χ1n) is 9.48. The normalized spacial score (nSPS) is 21.2. The van der Waals surface area contributed by atoms with Crippen molar-refractivity contribution in [3.8, 4) is 0 Å². The summed E-state index contributed by atoms with van der Waals surface area (Å²) in [5.41, 5.74) is 0.719. The lowest BCUT2D eigenvalue weighted by molar-refractivity contribution is -0.150. The fourth-order valence-corrected chi connectivity index (χ4v) is 4.11. The van der Waals surface area contributed by atoms with Crippen molar-refractivity contribution in [2.45, 2.75) is 51.6 Å². The summed E-state index contributed by atoms with van der Waals surface area (Å²) >= 11 is 0. The quantitative estimate of drug-likeness (QED) is 0.642. The van der Waals surface area contributed by atoms with Crippen LogP contribution in [0, 0.1) is 5.92 Å². The Balaban J connectivity index is 1.78. The molecule has 0 bridgehead atoms. The van der Waals surface area contributed by atoms with Gasteiger partial charge in [0.15, 0.2) is 6.61 Å². The first-order valence-corrected chi connectivity index (χ1v) is 11.0. The van der Waals surface area contributed by atoms with Crippen LogP contribution in [-0.4, -0.2) is 39.0 Å². The fourth-order valence-electron chi connectivity index (χ4n) is 3.11. The van der Waals surface area contributed by atoms with Crippen LogP contribution in [0.1, 0.15) is 45.1 Å². The molecular formula is C20H28N2O5S. The maximum absolute atomic E-state index is 12.1. The molecular weight excluding hydrogens is 380 g/mol. The minimum absolute atomic E-state index is 0.0963. The minimum atomic E-state index is -3.82. The summed E-state index contributed by atoms with van der Waals surface area (Å²) in [6.07, 6.45) is 5.66. The number of hydrogen-bond donors (Lipinski definition) is 2. The SMILES string of the molecule is C[C@H](NS(=O)(=O)/C=C/c1ccccc1)C(=O)OCC(=O)N[C@@H]1CCCC[C@@H]1C. The second kappa shape index (κ2) is 10.4. The zero-order chi connectivity index (χ0) is 20.6. The largest absolute Gasteiger partial charge is 0.454 e. The number of ether oxygens (including phenoxy) is 1. The highest BCUT2D eigenvalue weighted by Crippen LogP contribution is 2.23. The summed E-state index contributed by atoms with van der Waals surface area (Å²) in [6, 6.07) is 7.92. The molecule has 1 aliphatic rings. The van der Waals surface area contributed by atoms with Gasteiger partial charge in [-0.05, 0) is 37.3 Å². The van der Waals surface area contributed by atoms with Crippen LogP contribution in [0.15, 0.2) is 35.7 Å². The molecule has 7 nitrogen and oxygen atoms in total. The monoisotopic (exact) mass is 408 g/mol. The van der Waals surface area contributed by atoms with Crippen molar-refractivity contribution in [1.29, 1.82) is 0 Å². The molecule has 8 heteroatoms.